The Morgan fingerprint density at radius 1 is 1.14 bits per heavy atom. The highest BCUT2D eigenvalue weighted by molar-refractivity contribution is 6.30. The molecule has 1 unspecified atom stereocenters. The number of nitrogens with two attached hydrogens (primary N) is 1. The molecular weight excluding hydrogens is 474 g/mol. The average Bonchev–Trinajstić information content (AvgIpc) is 2.81. The number of halogens is 1. The van der Waals surface area contributed by atoms with Gasteiger partial charge in [-0.15, -0.1) is 0 Å². The maximum absolute atomic E-state index is 13.8. The highest BCUT2D eigenvalue weighted by atomic mass is 35.5. The predicted octanol–water partition coefficient (Wildman–Crippen LogP) is 6.39. The lowest BCUT2D eigenvalue weighted by Crippen LogP contribution is -2.42. The minimum Gasteiger partial charge on any atom is -0.494 e. The lowest BCUT2D eigenvalue weighted by atomic mass is 9.68. The van der Waals surface area contributed by atoms with Crippen molar-refractivity contribution in [3.8, 4) is 17.6 Å². The molecule has 0 fully saturated rings. The van der Waals surface area contributed by atoms with E-state index in [1.807, 2.05) is 62.1 Å². The predicted molar refractivity (Wildman–Crippen MR) is 142 cm³/mol. The Bertz CT molecular complexity index is 1320. The van der Waals surface area contributed by atoms with Crippen LogP contribution in [-0.2, 0) is 4.79 Å². The van der Waals surface area contributed by atoms with Crippen molar-refractivity contribution in [2.75, 3.05) is 18.1 Å². The van der Waals surface area contributed by atoms with Gasteiger partial charge in [0.1, 0.15) is 17.3 Å². The molecule has 2 aliphatic rings. The van der Waals surface area contributed by atoms with Gasteiger partial charge >= 0.3 is 0 Å². The standard InChI is InChI=1S/C29H32ClN3O3/c1-6-35-19-10-11-25(36-7-2)20(13-19)26-21(16-31)28(32)33(22-12-18(30)9-8-17(22)3)23-14-29(4,5)15-24(34)27(23)26/h8-13,26H,6-7,14-15,32H2,1-5H3. The molecule has 0 bridgehead atoms. The van der Waals surface area contributed by atoms with Crippen LogP contribution in [0.4, 0.5) is 5.69 Å². The van der Waals surface area contributed by atoms with E-state index in [-0.39, 0.29) is 11.2 Å². The third-order valence-electron chi connectivity index (χ3n) is 6.70. The number of hydrogen-bond acceptors (Lipinski definition) is 6. The van der Waals surface area contributed by atoms with Crippen molar-refractivity contribution in [1.82, 2.24) is 0 Å². The monoisotopic (exact) mass is 505 g/mol. The van der Waals surface area contributed by atoms with Crippen LogP contribution in [0.25, 0.3) is 0 Å². The number of ketones is 1. The lowest BCUT2D eigenvalue weighted by molar-refractivity contribution is -0.118. The molecule has 7 heteroatoms. The normalized spacial score (nSPS) is 19.2. The summed E-state index contributed by atoms with van der Waals surface area (Å²) in [5.74, 6) is 0.877. The van der Waals surface area contributed by atoms with Crippen LogP contribution in [0.1, 0.15) is 57.6 Å². The van der Waals surface area contributed by atoms with Gasteiger partial charge in [-0.3, -0.25) is 9.69 Å². The van der Waals surface area contributed by atoms with Crippen LogP contribution >= 0.6 is 11.6 Å². The van der Waals surface area contributed by atoms with Crippen molar-refractivity contribution in [3.05, 3.63) is 75.2 Å². The molecule has 2 aromatic carbocycles. The van der Waals surface area contributed by atoms with E-state index < -0.39 is 5.92 Å². The summed E-state index contributed by atoms with van der Waals surface area (Å²) >= 11 is 6.38. The number of nitrogens with zero attached hydrogens (tertiary/aromatic N) is 2. The number of rotatable bonds is 6. The minimum atomic E-state index is -0.661. The summed E-state index contributed by atoms with van der Waals surface area (Å²) in [6.07, 6.45) is 0.990. The molecule has 0 saturated carbocycles. The second-order valence-electron chi connectivity index (χ2n) is 9.98. The van der Waals surface area contributed by atoms with E-state index >= 15 is 0 Å². The Morgan fingerprint density at radius 3 is 2.53 bits per heavy atom. The van der Waals surface area contributed by atoms with Crippen LogP contribution in [0.2, 0.25) is 5.02 Å². The molecule has 1 aliphatic carbocycles. The summed E-state index contributed by atoms with van der Waals surface area (Å²) in [4.78, 5) is 15.7. The molecule has 2 aromatic rings. The van der Waals surface area contributed by atoms with Crippen LogP contribution in [0.3, 0.4) is 0 Å². The van der Waals surface area contributed by atoms with Gasteiger partial charge in [0.2, 0.25) is 0 Å². The van der Waals surface area contributed by atoms with Gasteiger partial charge in [-0.05, 0) is 68.5 Å². The number of allylic oxidation sites excluding steroid dienone is 3. The van der Waals surface area contributed by atoms with Crippen LogP contribution in [0.5, 0.6) is 11.5 Å². The first-order valence-electron chi connectivity index (χ1n) is 12.2. The smallest absolute Gasteiger partial charge is 0.162 e. The SMILES string of the molecule is CCOc1ccc(OCC)c(C2C(C#N)=C(N)N(c3cc(Cl)ccc3C)C3=C2C(=O)CC(C)(C)C3)c1. The summed E-state index contributed by atoms with van der Waals surface area (Å²) in [5, 5.41) is 11.0. The van der Waals surface area contributed by atoms with E-state index in [2.05, 4.69) is 19.9 Å². The molecule has 1 atom stereocenters. The second-order valence-corrected chi connectivity index (χ2v) is 10.4. The first-order valence-corrected chi connectivity index (χ1v) is 12.6. The van der Waals surface area contributed by atoms with E-state index in [4.69, 9.17) is 26.8 Å². The summed E-state index contributed by atoms with van der Waals surface area (Å²) < 4.78 is 11.7. The molecule has 0 aromatic heterocycles. The van der Waals surface area contributed by atoms with E-state index in [0.717, 1.165) is 16.9 Å². The van der Waals surface area contributed by atoms with Gasteiger partial charge in [0.15, 0.2) is 5.78 Å². The van der Waals surface area contributed by atoms with Crippen molar-refractivity contribution in [2.45, 2.75) is 53.4 Å². The Labute approximate surface area is 217 Å². The summed E-state index contributed by atoms with van der Waals surface area (Å²) in [7, 11) is 0. The van der Waals surface area contributed by atoms with Crippen LogP contribution < -0.4 is 20.1 Å². The molecule has 2 N–H and O–H groups in total. The Hall–Kier alpha value is -3.43. The van der Waals surface area contributed by atoms with Gasteiger partial charge in [-0.2, -0.15) is 5.26 Å². The van der Waals surface area contributed by atoms with Gasteiger partial charge in [0.25, 0.3) is 0 Å². The number of ether oxygens (including phenoxy) is 2. The zero-order chi connectivity index (χ0) is 26.2. The fourth-order valence-electron chi connectivity index (χ4n) is 5.21. The first-order chi connectivity index (χ1) is 17.1. The highest BCUT2D eigenvalue weighted by Gasteiger charge is 2.45. The zero-order valence-corrected chi connectivity index (χ0v) is 22.2. The van der Waals surface area contributed by atoms with Crippen LogP contribution in [0.15, 0.2) is 59.1 Å². The molecule has 0 saturated heterocycles. The van der Waals surface area contributed by atoms with Crippen molar-refractivity contribution in [3.63, 3.8) is 0 Å². The van der Waals surface area contributed by atoms with Gasteiger partial charge in [-0.1, -0.05) is 31.5 Å². The van der Waals surface area contributed by atoms with Gasteiger partial charge in [-0.25, -0.2) is 0 Å². The maximum Gasteiger partial charge on any atom is 0.162 e. The van der Waals surface area contributed by atoms with Gasteiger partial charge < -0.3 is 15.2 Å². The Morgan fingerprint density at radius 2 is 1.86 bits per heavy atom. The molecule has 188 valence electrons. The summed E-state index contributed by atoms with van der Waals surface area (Å²) in [6, 6.07) is 13.4. The summed E-state index contributed by atoms with van der Waals surface area (Å²) in [5.41, 5.74) is 10.6. The third-order valence-corrected chi connectivity index (χ3v) is 6.93. The average molecular weight is 506 g/mol. The highest BCUT2D eigenvalue weighted by Crippen LogP contribution is 2.52. The minimum absolute atomic E-state index is 0.000410. The van der Waals surface area contributed by atoms with Gasteiger partial charge in [0, 0.05) is 28.3 Å². The molecule has 0 amide bonds. The van der Waals surface area contributed by atoms with Crippen molar-refractivity contribution >= 4 is 23.1 Å². The lowest BCUT2D eigenvalue weighted by Gasteiger charge is -2.44. The Kier molecular flexibility index (Phi) is 7.06. The summed E-state index contributed by atoms with van der Waals surface area (Å²) in [6.45, 7) is 10.9. The molecular formula is C29H32ClN3O3. The fraction of sp³-hybridized carbons (Fsp3) is 0.379. The molecule has 36 heavy (non-hydrogen) atoms. The quantitative estimate of drug-likeness (QED) is 0.489. The number of Topliss-reactive ketones (excluding diaryl/α,β-unsaturated/α-hetero) is 1. The zero-order valence-electron chi connectivity index (χ0n) is 21.4. The van der Waals surface area contributed by atoms with Gasteiger partial charge in [0.05, 0.1) is 36.5 Å². The van der Waals surface area contributed by atoms with E-state index in [1.54, 1.807) is 0 Å². The second kappa shape index (κ2) is 9.91. The molecule has 1 heterocycles. The number of hydrogen-bond donors (Lipinski definition) is 1. The number of anilines is 1. The fourth-order valence-corrected chi connectivity index (χ4v) is 5.38. The van der Waals surface area contributed by atoms with Crippen molar-refractivity contribution < 1.29 is 14.3 Å². The van der Waals surface area contributed by atoms with E-state index in [9.17, 15) is 10.1 Å². The molecule has 6 nitrogen and oxygen atoms in total. The topological polar surface area (TPSA) is 88.6 Å². The van der Waals surface area contributed by atoms with Crippen LogP contribution in [-0.4, -0.2) is 19.0 Å². The van der Waals surface area contributed by atoms with Crippen LogP contribution in [0, 0.1) is 23.7 Å². The van der Waals surface area contributed by atoms with Crippen molar-refractivity contribution in [1.29, 1.82) is 5.26 Å². The van der Waals surface area contributed by atoms with Crippen molar-refractivity contribution in [2.24, 2.45) is 11.1 Å². The molecule has 0 spiro atoms. The Balaban J connectivity index is 2.05. The van der Waals surface area contributed by atoms with E-state index in [1.165, 1.54) is 0 Å². The largest absolute Gasteiger partial charge is 0.494 e. The number of carbonyl (C=O) groups is 1. The van der Waals surface area contributed by atoms with E-state index in [0.29, 0.717) is 65.1 Å². The number of nitriles is 1. The first kappa shape index (κ1) is 25.7. The maximum atomic E-state index is 13.8. The third kappa shape index (κ3) is 4.56. The number of carbonyl (C=O) groups excluding carboxylic acids is 1. The molecule has 1 aliphatic heterocycles. The number of benzene rings is 2. The number of aryl methyl sites for hydroxylation is 1. The molecule has 4 rings (SSSR count). The molecule has 0 radical (unpaired) electrons.